The van der Waals surface area contributed by atoms with Crippen molar-refractivity contribution in [3.05, 3.63) is 0 Å². The Kier molecular flexibility index (Phi) is 14.7. The van der Waals surface area contributed by atoms with E-state index in [0.717, 1.165) is 19.6 Å². The lowest BCUT2D eigenvalue weighted by atomic mass is 10.0. The summed E-state index contributed by atoms with van der Waals surface area (Å²) in [6.07, 6.45) is 21.2. The Morgan fingerprint density at radius 3 is 1.68 bits per heavy atom. The van der Waals surface area contributed by atoms with Crippen molar-refractivity contribution in [3.63, 3.8) is 0 Å². The highest BCUT2D eigenvalue weighted by Gasteiger charge is 2.26. The molecule has 0 aromatic heterocycles. The summed E-state index contributed by atoms with van der Waals surface area (Å²) < 4.78 is 0. The number of nitrogens with one attached hydrogen (secondary N) is 1. The first-order valence-corrected chi connectivity index (χ1v) is 11.4. The predicted octanol–water partition coefficient (Wildman–Crippen LogP) is 5.47. The Labute approximate surface area is 158 Å². The Morgan fingerprint density at radius 1 is 0.800 bits per heavy atom. The van der Waals surface area contributed by atoms with Gasteiger partial charge in [0.2, 0.25) is 0 Å². The van der Waals surface area contributed by atoms with Gasteiger partial charge in [-0.05, 0) is 19.9 Å². The van der Waals surface area contributed by atoms with E-state index in [0.29, 0.717) is 0 Å². The van der Waals surface area contributed by atoms with E-state index in [1.54, 1.807) is 0 Å². The Bertz CT molecular complexity index is 283. The molecule has 1 aliphatic rings. The van der Waals surface area contributed by atoms with E-state index in [4.69, 9.17) is 0 Å². The third-order valence-corrected chi connectivity index (χ3v) is 5.65. The SMILES string of the molecule is CCCCCCCCCCCCCCCCCN1CCNC1C(C)O. The van der Waals surface area contributed by atoms with Gasteiger partial charge in [-0.25, -0.2) is 0 Å². The molecular formula is C22H46N2O. The molecule has 0 saturated carbocycles. The van der Waals surface area contributed by atoms with Gasteiger partial charge in [0.15, 0.2) is 0 Å². The summed E-state index contributed by atoms with van der Waals surface area (Å²) >= 11 is 0. The van der Waals surface area contributed by atoms with Crippen LogP contribution in [0.25, 0.3) is 0 Å². The third kappa shape index (κ3) is 12.0. The molecule has 0 aliphatic carbocycles. The van der Waals surface area contributed by atoms with Crippen LogP contribution in [0.3, 0.4) is 0 Å². The summed E-state index contributed by atoms with van der Waals surface area (Å²) in [5.74, 6) is 0. The van der Waals surface area contributed by atoms with Gasteiger partial charge in [-0.2, -0.15) is 0 Å². The molecule has 25 heavy (non-hydrogen) atoms. The highest BCUT2D eigenvalue weighted by molar-refractivity contribution is 4.81. The summed E-state index contributed by atoms with van der Waals surface area (Å²) in [5, 5.41) is 13.1. The van der Waals surface area contributed by atoms with E-state index in [9.17, 15) is 5.11 Å². The van der Waals surface area contributed by atoms with Crippen LogP contribution in [0.5, 0.6) is 0 Å². The van der Waals surface area contributed by atoms with Gasteiger partial charge in [0.25, 0.3) is 0 Å². The van der Waals surface area contributed by atoms with Crippen LogP contribution in [0.4, 0.5) is 0 Å². The van der Waals surface area contributed by atoms with E-state index >= 15 is 0 Å². The topological polar surface area (TPSA) is 35.5 Å². The lowest BCUT2D eigenvalue weighted by molar-refractivity contribution is 0.0753. The smallest absolute Gasteiger partial charge is 0.0863 e. The zero-order valence-corrected chi connectivity index (χ0v) is 17.3. The van der Waals surface area contributed by atoms with E-state index < -0.39 is 0 Å². The Hall–Kier alpha value is -0.120. The van der Waals surface area contributed by atoms with Crippen molar-refractivity contribution in [3.8, 4) is 0 Å². The molecule has 1 rings (SSSR count). The molecule has 2 unspecified atom stereocenters. The second-order valence-corrected chi connectivity index (χ2v) is 8.13. The lowest BCUT2D eigenvalue weighted by Gasteiger charge is -2.26. The zero-order valence-electron chi connectivity index (χ0n) is 17.3. The summed E-state index contributed by atoms with van der Waals surface area (Å²) in [5.41, 5.74) is 0. The molecule has 1 saturated heterocycles. The van der Waals surface area contributed by atoms with Gasteiger partial charge in [-0.1, -0.05) is 96.8 Å². The molecule has 2 N–H and O–H groups in total. The zero-order chi connectivity index (χ0) is 18.2. The van der Waals surface area contributed by atoms with Crippen LogP contribution in [0.1, 0.15) is 110 Å². The van der Waals surface area contributed by atoms with Crippen molar-refractivity contribution >= 4 is 0 Å². The quantitative estimate of drug-likeness (QED) is 0.340. The number of unbranched alkanes of at least 4 members (excludes halogenated alkanes) is 14. The molecule has 0 bridgehead atoms. The van der Waals surface area contributed by atoms with Gasteiger partial charge in [0.1, 0.15) is 0 Å². The molecule has 1 heterocycles. The minimum Gasteiger partial charge on any atom is -0.390 e. The van der Waals surface area contributed by atoms with Gasteiger partial charge in [0, 0.05) is 13.1 Å². The molecule has 0 amide bonds. The average Bonchev–Trinajstić information content (AvgIpc) is 3.07. The first kappa shape index (κ1) is 22.9. The van der Waals surface area contributed by atoms with Gasteiger partial charge < -0.3 is 5.11 Å². The van der Waals surface area contributed by atoms with E-state index in [-0.39, 0.29) is 12.3 Å². The number of aliphatic hydroxyl groups excluding tert-OH is 1. The fourth-order valence-electron chi connectivity index (χ4n) is 4.04. The highest BCUT2D eigenvalue weighted by atomic mass is 16.3. The van der Waals surface area contributed by atoms with Crippen LogP contribution in [0.2, 0.25) is 0 Å². The predicted molar refractivity (Wildman–Crippen MR) is 110 cm³/mol. The second kappa shape index (κ2) is 16.1. The van der Waals surface area contributed by atoms with Crippen molar-refractivity contribution in [1.82, 2.24) is 10.2 Å². The standard InChI is InChI=1S/C22H46N2O/c1-3-4-5-6-7-8-9-10-11-12-13-14-15-16-17-19-24-20-18-23-22(24)21(2)25/h21-23,25H,3-20H2,1-2H3. The molecule has 2 atom stereocenters. The number of hydrogen-bond acceptors (Lipinski definition) is 3. The molecule has 150 valence electrons. The largest absolute Gasteiger partial charge is 0.390 e. The van der Waals surface area contributed by atoms with Crippen LogP contribution in [-0.4, -0.2) is 41.9 Å². The van der Waals surface area contributed by atoms with Crippen molar-refractivity contribution in [1.29, 1.82) is 0 Å². The van der Waals surface area contributed by atoms with Crippen LogP contribution >= 0.6 is 0 Å². The second-order valence-electron chi connectivity index (χ2n) is 8.13. The molecule has 0 spiro atoms. The van der Waals surface area contributed by atoms with Crippen LogP contribution in [0, 0.1) is 0 Å². The maximum Gasteiger partial charge on any atom is 0.0863 e. The van der Waals surface area contributed by atoms with Crippen molar-refractivity contribution in [2.75, 3.05) is 19.6 Å². The molecular weight excluding hydrogens is 308 g/mol. The molecule has 1 aliphatic heterocycles. The third-order valence-electron chi connectivity index (χ3n) is 5.65. The number of rotatable bonds is 17. The Morgan fingerprint density at radius 2 is 1.24 bits per heavy atom. The van der Waals surface area contributed by atoms with E-state index in [1.807, 2.05) is 6.92 Å². The average molecular weight is 355 g/mol. The normalized spacial score (nSPS) is 19.6. The van der Waals surface area contributed by atoms with Crippen LogP contribution in [0.15, 0.2) is 0 Å². The minimum atomic E-state index is -0.265. The van der Waals surface area contributed by atoms with Gasteiger partial charge >= 0.3 is 0 Å². The lowest BCUT2D eigenvalue weighted by Crippen LogP contribution is -2.44. The van der Waals surface area contributed by atoms with Gasteiger partial charge in [-0.3, -0.25) is 10.2 Å². The molecule has 3 heteroatoms. The molecule has 0 aromatic carbocycles. The first-order valence-electron chi connectivity index (χ1n) is 11.4. The Balaban J connectivity index is 1.76. The van der Waals surface area contributed by atoms with Gasteiger partial charge in [0.05, 0.1) is 12.3 Å². The molecule has 0 aromatic rings. The number of hydrogen-bond donors (Lipinski definition) is 2. The fraction of sp³-hybridized carbons (Fsp3) is 1.00. The van der Waals surface area contributed by atoms with Crippen LogP contribution < -0.4 is 5.32 Å². The summed E-state index contributed by atoms with van der Waals surface area (Å²) in [6, 6.07) is 0. The van der Waals surface area contributed by atoms with Gasteiger partial charge in [-0.15, -0.1) is 0 Å². The van der Waals surface area contributed by atoms with Crippen molar-refractivity contribution < 1.29 is 5.11 Å². The summed E-state index contributed by atoms with van der Waals surface area (Å²) in [4.78, 5) is 2.41. The molecule has 0 radical (unpaired) electrons. The van der Waals surface area contributed by atoms with Crippen molar-refractivity contribution in [2.24, 2.45) is 0 Å². The molecule has 3 nitrogen and oxygen atoms in total. The molecule has 1 fully saturated rings. The van der Waals surface area contributed by atoms with E-state index in [2.05, 4.69) is 17.1 Å². The van der Waals surface area contributed by atoms with E-state index in [1.165, 1.54) is 96.3 Å². The van der Waals surface area contributed by atoms with Crippen molar-refractivity contribution in [2.45, 2.75) is 122 Å². The monoisotopic (exact) mass is 354 g/mol. The number of aliphatic hydroxyl groups is 1. The fourth-order valence-corrected chi connectivity index (χ4v) is 4.04. The first-order chi connectivity index (χ1) is 12.3. The number of nitrogens with zero attached hydrogens (tertiary/aromatic N) is 1. The maximum absolute atomic E-state index is 9.74. The summed E-state index contributed by atoms with van der Waals surface area (Å²) in [7, 11) is 0. The minimum absolute atomic E-state index is 0.187. The highest BCUT2D eigenvalue weighted by Crippen LogP contribution is 2.14. The maximum atomic E-state index is 9.74. The van der Waals surface area contributed by atoms with Crippen LogP contribution in [-0.2, 0) is 0 Å². The summed E-state index contributed by atoms with van der Waals surface area (Å²) in [6.45, 7) is 7.43.